The van der Waals surface area contributed by atoms with E-state index in [1.54, 1.807) is 6.08 Å². The van der Waals surface area contributed by atoms with Gasteiger partial charge in [-0.3, -0.25) is 4.79 Å². The fraction of sp³-hybridized carbons (Fsp3) is 0.312. The lowest BCUT2D eigenvalue weighted by atomic mass is 10.1. The molecule has 22 heavy (non-hydrogen) atoms. The molecule has 0 atom stereocenters. The molecule has 1 aromatic heterocycles. The Balaban J connectivity index is 1.91. The molecule has 0 bridgehead atoms. The lowest BCUT2D eigenvalue weighted by molar-refractivity contribution is -0.113. The third-order valence-corrected chi connectivity index (χ3v) is 4.16. The normalized spacial score (nSPS) is 10.5. The zero-order chi connectivity index (χ0) is 15.9. The molecule has 2 rings (SSSR count). The second-order valence-corrected chi connectivity index (χ2v) is 5.76. The van der Waals surface area contributed by atoms with E-state index < -0.39 is 0 Å². The van der Waals surface area contributed by atoms with Gasteiger partial charge in [-0.05, 0) is 31.0 Å². The summed E-state index contributed by atoms with van der Waals surface area (Å²) in [6.07, 6.45) is 2.78. The van der Waals surface area contributed by atoms with E-state index in [0.717, 1.165) is 23.1 Å². The van der Waals surface area contributed by atoms with Crippen LogP contribution in [0.2, 0.25) is 0 Å². The first kappa shape index (κ1) is 16.3. The first-order valence-electron chi connectivity index (χ1n) is 7.16. The zero-order valence-corrected chi connectivity index (χ0v) is 13.7. The van der Waals surface area contributed by atoms with E-state index >= 15 is 0 Å². The molecule has 0 fully saturated rings. The Hall–Kier alpha value is -2.08. The highest BCUT2D eigenvalue weighted by Crippen LogP contribution is 2.17. The largest absolute Gasteiger partial charge is 0.325 e. The number of hydrogen-bond acceptors (Lipinski definition) is 4. The van der Waals surface area contributed by atoms with Crippen LogP contribution < -0.4 is 5.32 Å². The van der Waals surface area contributed by atoms with Gasteiger partial charge in [-0.15, -0.1) is 16.8 Å². The first-order valence-corrected chi connectivity index (χ1v) is 8.15. The smallest absolute Gasteiger partial charge is 0.234 e. The van der Waals surface area contributed by atoms with E-state index in [-0.39, 0.29) is 5.91 Å². The summed E-state index contributed by atoms with van der Waals surface area (Å²) in [5.41, 5.74) is 2.06. The predicted molar refractivity (Wildman–Crippen MR) is 90.1 cm³/mol. The fourth-order valence-electron chi connectivity index (χ4n) is 1.96. The quantitative estimate of drug-likeness (QED) is 0.630. The van der Waals surface area contributed by atoms with Crippen molar-refractivity contribution in [3.05, 3.63) is 48.3 Å². The molecule has 6 heteroatoms. The summed E-state index contributed by atoms with van der Waals surface area (Å²) in [7, 11) is 0. The number of nitrogens with one attached hydrogen (secondary N) is 1. The molecule has 116 valence electrons. The van der Waals surface area contributed by atoms with Crippen molar-refractivity contribution in [3.8, 4) is 0 Å². The van der Waals surface area contributed by atoms with E-state index in [0.29, 0.717) is 12.3 Å². The summed E-state index contributed by atoms with van der Waals surface area (Å²) >= 11 is 1.37. The second kappa shape index (κ2) is 7.79. The average Bonchev–Trinajstić information content (AvgIpc) is 2.87. The minimum Gasteiger partial charge on any atom is -0.325 e. The molecule has 1 aromatic carbocycles. The van der Waals surface area contributed by atoms with Crippen LogP contribution >= 0.6 is 11.8 Å². The van der Waals surface area contributed by atoms with Crippen molar-refractivity contribution in [2.75, 3.05) is 11.1 Å². The molecule has 0 saturated carbocycles. The number of nitrogens with zero attached hydrogens (tertiary/aromatic N) is 3. The van der Waals surface area contributed by atoms with E-state index in [1.807, 2.05) is 35.8 Å². The van der Waals surface area contributed by atoms with Gasteiger partial charge in [-0.1, -0.05) is 36.9 Å². The van der Waals surface area contributed by atoms with Gasteiger partial charge in [0.05, 0.1) is 5.75 Å². The number of thioether (sulfide) groups is 1. The highest BCUT2D eigenvalue weighted by atomic mass is 32.2. The van der Waals surface area contributed by atoms with Crippen LogP contribution in [0.4, 0.5) is 5.69 Å². The average molecular weight is 316 g/mol. The number of allylic oxidation sites excluding steroid dienone is 1. The lowest BCUT2D eigenvalue weighted by Crippen LogP contribution is -2.14. The minimum absolute atomic E-state index is 0.0555. The highest BCUT2D eigenvalue weighted by Gasteiger charge is 2.11. The van der Waals surface area contributed by atoms with E-state index in [4.69, 9.17) is 0 Å². The number of amides is 1. The van der Waals surface area contributed by atoms with Crippen molar-refractivity contribution in [2.24, 2.45) is 0 Å². The van der Waals surface area contributed by atoms with Gasteiger partial charge < -0.3 is 9.88 Å². The maximum atomic E-state index is 12.0. The van der Waals surface area contributed by atoms with Crippen molar-refractivity contribution in [3.63, 3.8) is 0 Å². The Morgan fingerprint density at radius 3 is 2.73 bits per heavy atom. The van der Waals surface area contributed by atoms with E-state index in [2.05, 4.69) is 29.0 Å². The molecule has 0 aliphatic rings. The molecule has 2 aromatic rings. The third kappa shape index (κ3) is 4.21. The van der Waals surface area contributed by atoms with Gasteiger partial charge in [0.2, 0.25) is 5.91 Å². The van der Waals surface area contributed by atoms with Crippen LogP contribution in [-0.2, 0) is 17.8 Å². The number of carbonyl (C=O) groups excluding carboxylic acids is 1. The Morgan fingerprint density at radius 1 is 1.36 bits per heavy atom. The molecule has 5 nitrogen and oxygen atoms in total. The van der Waals surface area contributed by atoms with Gasteiger partial charge in [0.1, 0.15) is 5.82 Å². The first-order chi connectivity index (χ1) is 10.6. The van der Waals surface area contributed by atoms with E-state index in [9.17, 15) is 4.79 Å². The minimum atomic E-state index is -0.0555. The number of benzene rings is 1. The van der Waals surface area contributed by atoms with Gasteiger partial charge in [-0.25, -0.2) is 0 Å². The Labute approximate surface area is 134 Å². The number of rotatable bonds is 7. The second-order valence-electron chi connectivity index (χ2n) is 4.82. The molecule has 0 aliphatic heterocycles. The third-order valence-electron chi connectivity index (χ3n) is 3.19. The molecule has 0 spiro atoms. The van der Waals surface area contributed by atoms with Crippen LogP contribution in [0.3, 0.4) is 0 Å². The summed E-state index contributed by atoms with van der Waals surface area (Å²) in [4.78, 5) is 12.0. The summed E-state index contributed by atoms with van der Waals surface area (Å²) in [6.45, 7) is 8.35. The fourth-order valence-corrected chi connectivity index (χ4v) is 2.75. The topological polar surface area (TPSA) is 59.8 Å². The molecular weight excluding hydrogens is 296 g/mol. The maximum absolute atomic E-state index is 12.0. The Morgan fingerprint density at radius 2 is 2.09 bits per heavy atom. The molecule has 1 N–H and O–H groups in total. The molecule has 0 unspecified atom stereocenters. The molecule has 0 radical (unpaired) electrons. The van der Waals surface area contributed by atoms with Crippen molar-refractivity contribution >= 4 is 23.4 Å². The standard InChI is InChI=1S/C16H20N4OS/c1-4-10-20-12(3)18-19-16(20)22-11-15(21)17-14-8-6-13(5-2)7-9-14/h4,6-9H,1,5,10-11H2,2-3H3,(H,17,21). The van der Waals surface area contributed by atoms with Crippen LogP contribution in [0.5, 0.6) is 0 Å². The van der Waals surface area contributed by atoms with Crippen molar-refractivity contribution < 1.29 is 4.79 Å². The molecule has 0 aliphatic carbocycles. The number of carbonyl (C=O) groups is 1. The van der Waals surface area contributed by atoms with Crippen LogP contribution in [0.15, 0.2) is 42.1 Å². The van der Waals surface area contributed by atoms with E-state index in [1.165, 1.54) is 17.3 Å². The van der Waals surface area contributed by atoms with Gasteiger partial charge >= 0.3 is 0 Å². The van der Waals surface area contributed by atoms with Crippen molar-refractivity contribution in [1.82, 2.24) is 14.8 Å². The SMILES string of the molecule is C=CCn1c(C)nnc1SCC(=O)Nc1ccc(CC)cc1. The van der Waals surface area contributed by atoms with Gasteiger partial charge in [0, 0.05) is 12.2 Å². The predicted octanol–water partition coefficient (Wildman–Crippen LogP) is 3.07. The van der Waals surface area contributed by atoms with Crippen LogP contribution in [0, 0.1) is 6.92 Å². The van der Waals surface area contributed by atoms with Gasteiger partial charge in [-0.2, -0.15) is 0 Å². The van der Waals surface area contributed by atoms with Crippen LogP contribution in [0.25, 0.3) is 0 Å². The molecule has 1 heterocycles. The highest BCUT2D eigenvalue weighted by molar-refractivity contribution is 7.99. The van der Waals surface area contributed by atoms with Gasteiger partial charge in [0.25, 0.3) is 0 Å². The zero-order valence-electron chi connectivity index (χ0n) is 12.9. The van der Waals surface area contributed by atoms with Gasteiger partial charge in [0.15, 0.2) is 5.16 Å². The van der Waals surface area contributed by atoms with Crippen molar-refractivity contribution in [2.45, 2.75) is 32.0 Å². The summed E-state index contributed by atoms with van der Waals surface area (Å²) in [5, 5.41) is 11.7. The van der Waals surface area contributed by atoms with Crippen LogP contribution in [-0.4, -0.2) is 26.4 Å². The summed E-state index contributed by atoms with van der Waals surface area (Å²) < 4.78 is 1.93. The molecule has 0 saturated heterocycles. The van der Waals surface area contributed by atoms with Crippen LogP contribution in [0.1, 0.15) is 18.3 Å². The summed E-state index contributed by atoms with van der Waals surface area (Å²) in [5.74, 6) is 1.06. The maximum Gasteiger partial charge on any atom is 0.234 e. The molecule has 1 amide bonds. The number of aromatic nitrogens is 3. The number of aryl methyl sites for hydroxylation is 2. The monoisotopic (exact) mass is 316 g/mol. The van der Waals surface area contributed by atoms with Crippen molar-refractivity contribution in [1.29, 1.82) is 0 Å². The Bertz CT molecular complexity index is 649. The lowest BCUT2D eigenvalue weighted by Gasteiger charge is -2.07. The Kier molecular flexibility index (Phi) is 5.77. The number of hydrogen-bond donors (Lipinski definition) is 1. The molecular formula is C16H20N4OS. The number of anilines is 1. The summed E-state index contributed by atoms with van der Waals surface area (Å²) in [6, 6.07) is 7.89.